The number of rotatable bonds is 0. The van der Waals surface area contributed by atoms with Gasteiger partial charge in [0.25, 0.3) is 0 Å². The highest BCUT2D eigenvalue weighted by Crippen LogP contribution is 1.93. The van der Waals surface area contributed by atoms with Gasteiger partial charge in [-0.15, -0.1) is 0 Å². The van der Waals surface area contributed by atoms with Crippen molar-refractivity contribution < 1.29 is 9.47 Å². The summed E-state index contributed by atoms with van der Waals surface area (Å²) in [7, 11) is 2.14. The molecule has 2 heterocycles. The van der Waals surface area contributed by atoms with Gasteiger partial charge in [-0.25, -0.2) is 0 Å². The van der Waals surface area contributed by atoms with Crippen LogP contribution in [0.15, 0.2) is 0 Å². The first-order valence-corrected chi connectivity index (χ1v) is 3.47. The molecule has 2 fully saturated rings. The van der Waals surface area contributed by atoms with Crippen LogP contribution in [0.25, 0.3) is 0 Å². The highest BCUT2D eigenvalue weighted by molar-refractivity contribution is 6.36. The number of hydrogen-bond acceptors (Lipinski definition) is 2. The zero-order valence-corrected chi connectivity index (χ0v) is 5.64. The molecule has 0 unspecified atom stereocenters. The maximum Gasteiger partial charge on any atom is 0.147 e. The number of hydrogen-bond donors (Lipinski definition) is 0. The molecule has 9 heavy (non-hydrogen) atoms. The second-order valence-corrected chi connectivity index (χ2v) is 2.12. The smallest absolute Gasteiger partial charge is 0.147 e. The third-order valence-electron chi connectivity index (χ3n) is 1.28. The van der Waals surface area contributed by atoms with Crippen LogP contribution in [0.1, 0.15) is 6.42 Å². The minimum Gasteiger partial charge on any atom is -0.391 e. The maximum atomic E-state index is 4.89. The fourth-order valence-corrected chi connectivity index (χ4v) is 0.561. The summed E-state index contributed by atoms with van der Waals surface area (Å²) in [6.45, 7) is 3.82. The molecule has 0 N–H and O–H groups in total. The Morgan fingerprint density at radius 1 is 1.00 bits per heavy atom. The minimum absolute atomic E-state index is 0.875. The molecule has 0 saturated carbocycles. The molecule has 0 amide bonds. The van der Waals surface area contributed by atoms with Crippen LogP contribution in [0, 0.1) is 0 Å². The van der Waals surface area contributed by atoms with Gasteiger partial charge in [-0.05, 0) is 6.42 Å². The lowest BCUT2D eigenvalue weighted by atomic mass is 9.79. The molecule has 2 nitrogen and oxygen atoms in total. The second-order valence-electron chi connectivity index (χ2n) is 2.12. The predicted octanol–water partition coefficient (Wildman–Crippen LogP) is 0.503. The monoisotopic (exact) mass is 127 g/mol. The summed E-state index contributed by atoms with van der Waals surface area (Å²) in [5.74, 6) is 0. The first kappa shape index (κ1) is 7.10. The van der Waals surface area contributed by atoms with E-state index in [0.29, 0.717) is 0 Å². The standard InChI is InChI=1S/C3H6BO.C3H6O/c1-2-5-3-4-1;1-2-4-3-1/h1-3H2;1-3H2. The zero-order valence-electron chi connectivity index (χ0n) is 5.64. The van der Waals surface area contributed by atoms with Gasteiger partial charge in [-0.2, -0.15) is 0 Å². The fourth-order valence-electron chi connectivity index (χ4n) is 0.561. The van der Waals surface area contributed by atoms with E-state index in [-0.39, 0.29) is 0 Å². The normalized spacial score (nSPS) is 23.1. The molecule has 2 aliphatic rings. The fraction of sp³-hybridized carbons (Fsp3) is 1.00. The third-order valence-corrected chi connectivity index (χ3v) is 1.28. The first-order valence-electron chi connectivity index (χ1n) is 3.47. The Morgan fingerprint density at radius 3 is 1.78 bits per heavy atom. The predicted molar refractivity (Wildman–Crippen MR) is 36.8 cm³/mol. The Morgan fingerprint density at radius 2 is 1.67 bits per heavy atom. The molecule has 0 aromatic heterocycles. The van der Waals surface area contributed by atoms with E-state index < -0.39 is 0 Å². The quantitative estimate of drug-likeness (QED) is 0.441. The summed E-state index contributed by atoms with van der Waals surface area (Å²) in [4.78, 5) is 0. The molecule has 0 atom stereocenters. The van der Waals surface area contributed by atoms with Crippen LogP contribution in [-0.4, -0.2) is 33.6 Å². The maximum absolute atomic E-state index is 4.89. The van der Waals surface area contributed by atoms with E-state index in [2.05, 4.69) is 7.28 Å². The largest absolute Gasteiger partial charge is 0.391 e. The van der Waals surface area contributed by atoms with Crippen LogP contribution in [0.5, 0.6) is 0 Å². The van der Waals surface area contributed by atoms with E-state index in [9.17, 15) is 0 Å². The van der Waals surface area contributed by atoms with Crippen LogP contribution >= 0.6 is 0 Å². The third kappa shape index (κ3) is 3.54. The van der Waals surface area contributed by atoms with Crippen molar-refractivity contribution >= 4 is 7.28 Å². The van der Waals surface area contributed by atoms with Crippen LogP contribution in [0.3, 0.4) is 0 Å². The van der Waals surface area contributed by atoms with E-state index in [1.54, 1.807) is 0 Å². The highest BCUT2D eigenvalue weighted by atomic mass is 16.5. The number of ether oxygens (including phenoxy) is 2. The summed E-state index contributed by atoms with van der Waals surface area (Å²) >= 11 is 0. The molecule has 0 bridgehead atoms. The SMILES string of the molecule is C1COC1.[B]1CCOC1. The van der Waals surface area contributed by atoms with Crippen molar-refractivity contribution in [2.24, 2.45) is 0 Å². The van der Waals surface area contributed by atoms with Crippen molar-refractivity contribution in [1.82, 2.24) is 0 Å². The van der Waals surface area contributed by atoms with Crippen molar-refractivity contribution in [3.63, 3.8) is 0 Å². The van der Waals surface area contributed by atoms with Crippen molar-refractivity contribution in [3.8, 4) is 0 Å². The van der Waals surface area contributed by atoms with Gasteiger partial charge in [0.15, 0.2) is 0 Å². The average molecular weight is 127 g/mol. The Kier molecular flexibility index (Phi) is 3.80. The molecule has 51 valence electrons. The molecular formula is C6H12BO2. The van der Waals surface area contributed by atoms with Crippen LogP contribution in [-0.2, 0) is 9.47 Å². The Labute approximate surface area is 56.8 Å². The van der Waals surface area contributed by atoms with E-state index in [1.807, 2.05) is 0 Å². The molecule has 2 rings (SSSR count). The molecule has 2 saturated heterocycles. The molecule has 0 spiro atoms. The lowest BCUT2D eigenvalue weighted by molar-refractivity contribution is 0.0367. The van der Waals surface area contributed by atoms with Gasteiger partial charge in [-0.1, -0.05) is 6.32 Å². The summed E-state index contributed by atoms with van der Waals surface area (Å²) in [5.41, 5.74) is 0. The van der Waals surface area contributed by atoms with Crippen molar-refractivity contribution in [2.75, 3.05) is 26.3 Å². The van der Waals surface area contributed by atoms with Gasteiger partial charge >= 0.3 is 0 Å². The van der Waals surface area contributed by atoms with Crippen molar-refractivity contribution in [1.29, 1.82) is 0 Å². The zero-order chi connectivity index (χ0) is 6.36. The molecule has 0 aromatic carbocycles. The summed E-state index contributed by atoms with van der Waals surface area (Å²) in [5, 5.41) is 0. The molecule has 0 aromatic rings. The van der Waals surface area contributed by atoms with E-state index in [4.69, 9.17) is 9.47 Å². The summed E-state index contributed by atoms with van der Waals surface area (Å²) < 4.78 is 9.61. The van der Waals surface area contributed by atoms with Gasteiger partial charge in [0.1, 0.15) is 7.28 Å². The molecular weight excluding hydrogens is 115 g/mol. The van der Waals surface area contributed by atoms with Gasteiger partial charge in [0.2, 0.25) is 0 Å². The topological polar surface area (TPSA) is 18.5 Å². The average Bonchev–Trinajstić information content (AvgIpc) is 2.07. The second kappa shape index (κ2) is 4.83. The van der Waals surface area contributed by atoms with Gasteiger partial charge in [0, 0.05) is 26.3 Å². The van der Waals surface area contributed by atoms with Crippen molar-refractivity contribution in [2.45, 2.75) is 12.7 Å². The molecule has 0 aliphatic carbocycles. The Hall–Kier alpha value is -0.0151. The Bertz CT molecular complexity index is 48.5. The Balaban J connectivity index is 0.0000000922. The van der Waals surface area contributed by atoms with E-state index in [1.165, 1.54) is 6.42 Å². The summed E-state index contributed by atoms with van der Waals surface area (Å²) in [6, 6.07) is 0. The highest BCUT2D eigenvalue weighted by Gasteiger charge is 1.97. The van der Waals surface area contributed by atoms with Gasteiger partial charge < -0.3 is 9.47 Å². The molecule has 3 heteroatoms. The van der Waals surface area contributed by atoms with Crippen LogP contribution < -0.4 is 0 Å². The van der Waals surface area contributed by atoms with E-state index in [0.717, 1.165) is 32.6 Å². The lowest BCUT2D eigenvalue weighted by Gasteiger charge is -2.09. The minimum atomic E-state index is 0.875. The first-order chi connectivity index (χ1) is 4.50. The van der Waals surface area contributed by atoms with Crippen molar-refractivity contribution in [3.05, 3.63) is 0 Å². The molecule has 2 aliphatic heterocycles. The van der Waals surface area contributed by atoms with E-state index >= 15 is 0 Å². The van der Waals surface area contributed by atoms with Crippen LogP contribution in [0.4, 0.5) is 0 Å². The molecule has 1 radical (unpaired) electrons. The van der Waals surface area contributed by atoms with Crippen LogP contribution in [0.2, 0.25) is 6.32 Å². The van der Waals surface area contributed by atoms with Gasteiger partial charge in [0.05, 0.1) is 0 Å². The van der Waals surface area contributed by atoms with Gasteiger partial charge in [-0.3, -0.25) is 0 Å². The summed E-state index contributed by atoms with van der Waals surface area (Å²) in [6.07, 6.45) is 2.43. The lowest BCUT2D eigenvalue weighted by Crippen LogP contribution is -2.09.